The van der Waals surface area contributed by atoms with Gasteiger partial charge in [0.05, 0.1) is 4.92 Å². The lowest BCUT2D eigenvalue weighted by molar-refractivity contribution is -0.387. The van der Waals surface area contributed by atoms with Crippen molar-refractivity contribution in [2.75, 3.05) is 33.3 Å². The summed E-state index contributed by atoms with van der Waals surface area (Å²) in [7, 11) is 1.88. The topological polar surface area (TPSA) is 84.7 Å². The maximum absolute atomic E-state index is 13.5. The third-order valence-electron chi connectivity index (χ3n) is 3.84. The van der Waals surface area contributed by atoms with Crippen molar-refractivity contribution in [3.63, 3.8) is 0 Å². The zero-order valence-corrected chi connectivity index (χ0v) is 14.2. The highest BCUT2D eigenvalue weighted by Crippen LogP contribution is 2.22. The minimum Gasteiger partial charge on any atom is -0.484 e. The third-order valence-corrected chi connectivity index (χ3v) is 3.84. The van der Waals surface area contributed by atoms with E-state index in [4.69, 9.17) is 4.74 Å². The molecule has 134 valence electrons. The molecule has 1 N–H and O–H groups in total. The van der Waals surface area contributed by atoms with Crippen LogP contribution in [-0.2, 0) is 4.79 Å². The van der Waals surface area contributed by atoms with Gasteiger partial charge in [0.25, 0.3) is 5.91 Å². The monoisotopic (exact) mass is 361 g/mol. The minimum absolute atomic E-state index is 0. The summed E-state index contributed by atoms with van der Waals surface area (Å²) >= 11 is 0. The highest BCUT2D eigenvalue weighted by molar-refractivity contribution is 5.85. The Labute approximate surface area is 145 Å². The van der Waals surface area contributed by atoms with Crippen LogP contribution in [-0.4, -0.2) is 49.0 Å². The zero-order chi connectivity index (χ0) is 16.8. The molecule has 1 unspecified atom stereocenters. The van der Waals surface area contributed by atoms with Gasteiger partial charge in [-0.15, -0.1) is 12.4 Å². The maximum Gasteiger partial charge on any atom is 0.305 e. The van der Waals surface area contributed by atoms with Crippen molar-refractivity contribution in [2.45, 2.75) is 12.8 Å². The first-order valence-electron chi connectivity index (χ1n) is 7.50. The van der Waals surface area contributed by atoms with Crippen molar-refractivity contribution in [1.29, 1.82) is 0 Å². The molecule has 0 saturated carbocycles. The molecular formula is C15H21ClFN3O4. The number of benzene rings is 1. The summed E-state index contributed by atoms with van der Waals surface area (Å²) in [5, 5.41) is 13.7. The number of hydrogen-bond acceptors (Lipinski definition) is 5. The normalized spacial score (nSPS) is 17.1. The van der Waals surface area contributed by atoms with E-state index in [1.165, 1.54) is 6.07 Å². The van der Waals surface area contributed by atoms with E-state index >= 15 is 0 Å². The number of hydrogen-bond donors (Lipinski definition) is 1. The molecule has 24 heavy (non-hydrogen) atoms. The fourth-order valence-corrected chi connectivity index (χ4v) is 2.71. The SMILES string of the molecule is CNCC1CCCN(C(=O)COc2ccc([N+](=O)[O-])c(F)c2)C1.Cl. The van der Waals surface area contributed by atoms with Crippen molar-refractivity contribution >= 4 is 24.0 Å². The van der Waals surface area contributed by atoms with Crippen LogP contribution in [0.15, 0.2) is 18.2 Å². The van der Waals surface area contributed by atoms with Crippen LogP contribution in [0.4, 0.5) is 10.1 Å². The first kappa shape index (κ1) is 20.1. The second kappa shape index (κ2) is 9.39. The number of nitro groups is 1. The fourth-order valence-electron chi connectivity index (χ4n) is 2.71. The summed E-state index contributed by atoms with van der Waals surface area (Å²) < 4.78 is 18.8. The van der Waals surface area contributed by atoms with Gasteiger partial charge in [-0.05, 0) is 38.4 Å². The summed E-state index contributed by atoms with van der Waals surface area (Å²) in [6, 6.07) is 3.24. The zero-order valence-electron chi connectivity index (χ0n) is 13.4. The Hall–Kier alpha value is -1.93. The van der Waals surface area contributed by atoms with Gasteiger partial charge in [0, 0.05) is 25.2 Å². The fraction of sp³-hybridized carbons (Fsp3) is 0.533. The van der Waals surface area contributed by atoms with Crippen LogP contribution in [0.25, 0.3) is 0 Å². The van der Waals surface area contributed by atoms with E-state index in [1.807, 2.05) is 7.05 Å². The van der Waals surface area contributed by atoms with E-state index in [2.05, 4.69) is 5.32 Å². The smallest absolute Gasteiger partial charge is 0.305 e. The van der Waals surface area contributed by atoms with Crippen LogP contribution >= 0.6 is 12.4 Å². The predicted molar refractivity (Wildman–Crippen MR) is 89.0 cm³/mol. The Balaban J connectivity index is 0.00000288. The predicted octanol–water partition coefficient (Wildman–Crippen LogP) is 1.99. The minimum atomic E-state index is -0.980. The molecule has 0 radical (unpaired) electrons. The Kier molecular flexibility index (Phi) is 7.87. The third kappa shape index (κ3) is 5.31. The molecule has 1 aliphatic rings. The summed E-state index contributed by atoms with van der Waals surface area (Å²) in [6.45, 7) is 2.02. The summed E-state index contributed by atoms with van der Waals surface area (Å²) in [5.74, 6) is -0.615. The van der Waals surface area contributed by atoms with Crippen LogP contribution in [0.2, 0.25) is 0 Å². The van der Waals surface area contributed by atoms with Gasteiger partial charge in [-0.3, -0.25) is 14.9 Å². The number of nitro benzene ring substituents is 1. The number of carbonyl (C=O) groups is 1. The Morgan fingerprint density at radius 3 is 2.92 bits per heavy atom. The van der Waals surface area contributed by atoms with Gasteiger partial charge in [0.15, 0.2) is 6.61 Å². The number of ether oxygens (including phenoxy) is 1. The van der Waals surface area contributed by atoms with Gasteiger partial charge in [0.2, 0.25) is 5.82 Å². The summed E-state index contributed by atoms with van der Waals surface area (Å²) in [5.41, 5.74) is -0.616. The van der Waals surface area contributed by atoms with E-state index in [1.54, 1.807) is 4.90 Å². The number of nitrogens with one attached hydrogen (secondary N) is 1. The van der Waals surface area contributed by atoms with Crippen LogP contribution in [0.1, 0.15) is 12.8 Å². The largest absolute Gasteiger partial charge is 0.484 e. The number of likely N-dealkylation sites (tertiary alicyclic amines) is 1. The average Bonchev–Trinajstić information content (AvgIpc) is 2.53. The van der Waals surface area contributed by atoms with Crippen molar-refractivity contribution in [3.8, 4) is 5.75 Å². The molecule has 0 aliphatic carbocycles. The van der Waals surface area contributed by atoms with Crippen molar-refractivity contribution < 1.29 is 18.8 Å². The molecule has 1 aliphatic heterocycles. The van der Waals surface area contributed by atoms with Gasteiger partial charge in [-0.25, -0.2) is 0 Å². The highest BCUT2D eigenvalue weighted by atomic mass is 35.5. The second-order valence-corrected chi connectivity index (χ2v) is 5.56. The van der Waals surface area contributed by atoms with Crippen molar-refractivity contribution in [2.24, 2.45) is 5.92 Å². The molecule has 2 rings (SSSR count). The van der Waals surface area contributed by atoms with Crippen molar-refractivity contribution in [1.82, 2.24) is 10.2 Å². The lowest BCUT2D eigenvalue weighted by Crippen LogP contribution is -2.44. The molecule has 0 aromatic heterocycles. The number of carbonyl (C=O) groups excluding carboxylic acids is 1. The van der Waals surface area contributed by atoms with Crippen molar-refractivity contribution in [3.05, 3.63) is 34.1 Å². The molecule has 0 spiro atoms. The maximum atomic E-state index is 13.5. The molecule has 1 saturated heterocycles. The Morgan fingerprint density at radius 2 is 2.29 bits per heavy atom. The molecule has 9 heteroatoms. The summed E-state index contributed by atoms with van der Waals surface area (Å²) in [4.78, 5) is 23.6. The van der Waals surface area contributed by atoms with Gasteiger partial charge in [-0.2, -0.15) is 4.39 Å². The van der Waals surface area contributed by atoms with Gasteiger partial charge in [-0.1, -0.05) is 0 Å². The molecule has 1 amide bonds. The Morgan fingerprint density at radius 1 is 1.54 bits per heavy atom. The number of nitrogens with zero attached hydrogens (tertiary/aromatic N) is 2. The van der Waals surface area contributed by atoms with E-state index < -0.39 is 16.4 Å². The molecule has 1 heterocycles. The molecule has 1 aromatic rings. The van der Waals surface area contributed by atoms with E-state index in [9.17, 15) is 19.3 Å². The van der Waals surface area contributed by atoms with Gasteiger partial charge >= 0.3 is 5.69 Å². The van der Waals surface area contributed by atoms with E-state index in [0.29, 0.717) is 19.0 Å². The molecule has 7 nitrogen and oxygen atoms in total. The van der Waals surface area contributed by atoms with Crippen LogP contribution in [0.3, 0.4) is 0 Å². The molecule has 1 atom stereocenters. The molecule has 1 fully saturated rings. The van der Waals surface area contributed by atoms with E-state index in [0.717, 1.165) is 31.5 Å². The van der Waals surface area contributed by atoms with Gasteiger partial charge < -0.3 is 15.0 Å². The number of halogens is 2. The number of piperidine rings is 1. The second-order valence-electron chi connectivity index (χ2n) is 5.56. The molecule has 1 aromatic carbocycles. The summed E-state index contributed by atoms with van der Waals surface area (Å²) in [6.07, 6.45) is 2.03. The Bertz CT molecular complexity index is 586. The average molecular weight is 362 g/mol. The quantitative estimate of drug-likeness (QED) is 0.618. The lowest BCUT2D eigenvalue weighted by Gasteiger charge is -2.32. The van der Waals surface area contributed by atoms with Crippen LogP contribution in [0, 0.1) is 21.8 Å². The van der Waals surface area contributed by atoms with Crippen LogP contribution < -0.4 is 10.1 Å². The highest BCUT2D eigenvalue weighted by Gasteiger charge is 2.23. The number of rotatable bonds is 6. The molecule has 0 bridgehead atoms. The van der Waals surface area contributed by atoms with E-state index in [-0.39, 0.29) is 30.7 Å². The first-order valence-corrected chi connectivity index (χ1v) is 7.50. The lowest BCUT2D eigenvalue weighted by atomic mass is 9.98. The molecular weight excluding hydrogens is 341 g/mol. The first-order chi connectivity index (χ1) is 11.0. The van der Waals surface area contributed by atoms with Crippen LogP contribution in [0.5, 0.6) is 5.75 Å². The van der Waals surface area contributed by atoms with Gasteiger partial charge in [0.1, 0.15) is 5.75 Å². The standard InChI is InChI=1S/C15H20FN3O4.ClH/c1-17-8-11-3-2-6-18(9-11)15(20)10-23-12-4-5-14(19(21)22)13(16)7-12;/h4-5,7,11,17H,2-3,6,8-10H2,1H3;1H. The number of amides is 1.